The van der Waals surface area contributed by atoms with Crippen molar-refractivity contribution in [3.05, 3.63) is 77.4 Å². The lowest BCUT2D eigenvalue weighted by molar-refractivity contribution is 0.816. The van der Waals surface area contributed by atoms with E-state index in [0.717, 1.165) is 5.56 Å². The fraction of sp³-hybridized carbons (Fsp3) is 0.0556. The number of pyridine rings is 1. The molecule has 2 nitrogen and oxygen atoms in total. The molecule has 0 spiro atoms. The Kier molecular flexibility index (Phi) is 3.21. The lowest BCUT2D eigenvalue weighted by Crippen LogP contribution is -2.14. The summed E-state index contributed by atoms with van der Waals surface area (Å²) in [5, 5.41) is 10.3. The van der Waals surface area contributed by atoms with E-state index in [0.29, 0.717) is 5.49 Å². The number of nitrogens with one attached hydrogen (secondary N) is 1. The van der Waals surface area contributed by atoms with E-state index >= 15 is 0 Å². The molecule has 0 saturated carbocycles. The molecule has 0 aliphatic carbocycles. The van der Waals surface area contributed by atoms with E-state index in [4.69, 9.17) is 5.41 Å². The second-order valence-corrected chi connectivity index (χ2v) is 4.86. The molecular formula is C18H16N2. The van der Waals surface area contributed by atoms with Crippen molar-refractivity contribution in [1.82, 2.24) is 4.57 Å². The summed E-state index contributed by atoms with van der Waals surface area (Å²) in [7, 11) is 1.88. The first-order valence-electron chi connectivity index (χ1n) is 6.61. The third-order valence-electron chi connectivity index (χ3n) is 3.45. The van der Waals surface area contributed by atoms with Gasteiger partial charge >= 0.3 is 0 Å². The van der Waals surface area contributed by atoms with Gasteiger partial charge in [-0.05, 0) is 34.0 Å². The number of aromatic nitrogens is 1. The van der Waals surface area contributed by atoms with Crippen LogP contribution in [0.1, 0.15) is 11.1 Å². The van der Waals surface area contributed by atoms with Crippen LogP contribution in [0.5, 0.6) is 0 Å². The molecule has 1 N–H and O–H groups in total. The van der Waals surface area contributed by atoms with Gasteiger partial charge in [-0.25, -0.2) is 0 Å². The highest BCUT2D eigenvalue weighted by atomic mass is 14.9. The van der Waals surface area contributed by atoms with Crippen molar-refractivity contribution in [2.24, 2.45) is 7.05 Å². The van der Waals surface area contributed by atoms with Crippen LogP contribution in [-0.2, 0) is 7.05 Å². The first-order valence-corrected chi connectivity index (χ1v) is 6.61. The Bertz CT molecular complexity index is 836. The average molecular weight is 260 g/mol. The number of aryl methyl sites for hydroxylation is 1. The van der Waals surface area contributed by atoms with Crippen molar-refractivity contribution in [2.75, 3.05) is 0 Å². The minimum absolute atomic E-state index is 0.505. The van der Waals surface area contributed by atoms with E-state index in [-0.39, 0.29) is 0 Å². The molecule has 3 rings (SSSR count). The fourth-order valence-electron chi connectivity index (χ4n) is 2.27. The third-order valence-corrected chi connectivity index (χ3v) is 3.45. The van der Waals surface area contributed by atoms with Gasteiger partial charge in [0.2, 0.25) is 0 Å². The summed E-state index contributed by atoms with van der Waals surface area (Å²) in [5.74, 6) is 0. The van der Waals surface area contributed by atoms with E-state index in [1.165, 1.54) is 16.3 Å². The van der Waals surface area contributed by atoms with E-state index in [9.17, 15) is 0 Å². The predicted molar refractivity (Wildman–Crippen MR) is 84.1 cm³/mol. The molecule has 2 aromatic carbocycles. The highest BCUT2D eigenvalue weighted by Crippen LogP contribution is 2.20. The second kappa shape index (κ2) is 5.17. The Balaban J connectivity index is 2.02. The molecule has 0 saturated heterocycles. The monoisotopic (exact) mass is 260 g/mol. The van der Waals surface area contributed by atoms with Crippen molar-refractivity contribution in [3.63, 3.8) is 0 Å². The minimum atomic E-state index is 0.505. The molecule has 3 aromatic rings. The standard InChI is InChI=1S/C18H16N2/c1-20-12-11-14(13-18(20)19)9-10-16-7-4-6-15-5-2-3-8-17(15)16/h2-13,19H,1H3/b10-9+,19-18?. The third kappa shape index (κ3) is 2.41. The Morgan fingerprint density at radius 3 is 2.60 bits per heavy atom. The Morgan fingerprint density at radius 1 is 0.950 bits per heavy atom. The predicted octanol–water partition coefficient (Wildman–Crippen LogP) is 3.83. The fourth-order valence-corrected chi connectivity index (χ4v) is 2.27. The van der Waals surface area contributed by atoms with Gasteiger partial charge in [-0.2, -0.15) is 0 Å². The maximum absolute atomic E-state index is 7.80. The van der Waals surface area contributed by atoms with E-state index in [1.807, 2.05) is 25.4 Å². The molecule has 0 amide bonds. The molecule has 0 aliphatic rings. The number of hydrogen-bond donors (Lipinski definition) is 1. The quantitative estimate of drug-likeness (QED) is 0.725. The zero-order chi connectivity index (χ0) is 13.9. The van der Waals surface area contributed by atoms with Crippen LogP contribution in [0.2, 0.25) is 0 Å². The molecule has 0 bridgehead atoms. The van der Waals surface area contributed by atoms with Crippen LogP contribution in [-0.4, -0.2) is 4.57 Å². The number of hydrogen-bond acceptors (Lipinski definition) is 1. The van der Waals surface area contributed by atoms with Crippen molar-refractivity contribution in [2.45, 2.75) is 0 Å². The van der Waals surface area contributed by atoms with E-state index in [2.05, 4.69) is 54.6 Å². The summed E-state index contributed by atoms with van der Waals surface area (Å²) < 4.78 is 1.79. The largest absolute Gasteiger partial charge is 0.337 e. The Labute approximate surface area is 118 Å². The summed E-state index contributed by atoms with van der Waals surface area (Å²) in [6.45, 7) is 0. The van der Waals surface area contributed by atoms with E-state index in [1.54, 1.807) is 4.57 Å². The molecule has 0 fully saturated rings. The molecule has 2 heteroatoms. The van der Waals surface area contributed by atoms with Gasteiger partial charge in [-0.15, -0.1) is 0 Å². The maximum Gasteiger partial charge on any atom is 0.124 e. The molecule has 98 valence electrons. The summed E-state index contributed by atoms with van der Waals surface area (Å²) in [6, 6.07) is 18.6. The number of rotatable bonds is 2. The van der Waals surface area contributed by atoms with Gasteiger partial charge in [0.25, 0.3) is 0 Å². The molecule has 20 heavy (non-hydrogen) atoms. The Hall–Kier alpha value is -2.61. The van der Waals surface area contributed by atoms with Crippen LogP contribution in [0, 0.1) is 5.41 Å². The highest BCUT2D eigenvalue weighted by Gasteiger charge is 1.96. The highest BCUT2D eigenvalue weighted by molar-refractivity contribution is 5.92. The van der Waals surface area contributed by atoms with Crippen LogP contribution in [0.4, 0.5) is 0 Å². The van der Waals surface area contributed by atoms with Gasteiger partial charge in [-0.1, -0.05) is 54.6 Å². The molecule has 0 atom stereocenters. The molecule has 1 heterocycles. The number of fused-ring (bicyclic) bond motifs is 1. The minimum Gasteiger partial charge on any atom is -0.337 e. The Morgan fingerprint density at radius 2 is 1.75 bits per heavy atom. The van der Waals surface area contributed by atoms with Gasteiger partial charge in [0.05, 0.1) is 0 Å². The summed E-state index contributed by atoms with van der Waals surface area (Å²) in [5.41, 5.74) is 2.74. The second-order valence-electron chi connectivity index (χ2n) is 4.86. The van der Waals surface area contributed by atoms with Gasteiger partial charge in [-0.3, -0.25) is 5.41 Å². The summed E-state index contributed by atoms with van der Waals surface area (Å²) >= 11 is 0. The van der Waals surface area contributed by atoms with Crippen LogP contribution < -0.4 is 5.49 Å². The normalized spacial score (nSPS) is 11.2. The van der Waals surface area contributed by atoms with Crippen LogP contribution >= 0.6 is 0 Å². The van der Waals surface area contributed by atoms with Gasteiger partial charge in [0.15, 0.2) is 0 Å². The molecule has 0 unspecified atom stereocenters. The lowest BCUT2D eigenvalue weighted by Gasteiger charge is -2.02. The zero-order valence-corrected chi connectivity index (χ0v) is 11.4. The van der Waals surface area contributed by atoms with Gasteiger partial charge in [0, 0.05) is 13.2 Å². The zero-order valence-electron chi connectivity index (χ0n) is 11.4. The smallest absolute Gasteiger partial charge is 0.124 e. The van der Waals surface area contributed by atoms with Gasteiger partial charge in [0.1, 0.15) is 5.49 Å². The maximum atomic E-state index is 7.80. The van der Waals surface area contributed by atoms with Gasteiger partial charge < -0.3 is 4.57 Å². The van der Waals surface area contributed by atoms with E-state index < -0.39 is 0 Å². The molecule has 1 aromatic heterocycles. The van der Waals surface area contributed by atoms with Crippen LogP contribution in [0.25, 0.3) is 22.9 Å². The van der Waals surface area contributed by atoms with Crippen molar-refractivity contribution >= 4 is 22.9 Å². The number of benzene rings is 2. The molecule has 0 aliphatic heterocycles. The topological polar surface area (TPSA) is 28.8 Å². The van der Waals surface area contributed by atoms with Crippen molar-refractivity contribution in [1.29, 1.82) is 5.41 Å². The molecular weight excluding hydrogens is 244 g/mol. The summed E-state index contributed by atoms with van der Waals surface area (Å²) in [6.07, 6.45) is 6.07. The summed E-state index contributed by atoms with van der Waals surface area (Å²) in [4.78, 5) is 0. The lowest BCUT2D eigenvalue weighted by atomic mass is 10.0. The first kappa shape index (κ1) is 12.4. The average Bonchev–Trinajstić information content (AvgIpc) is 2.48. The van der Waals surface area contributed by atoms with Crippen LogP contribution in [0.3, 0.4) is 0 Å². The van der Waals surface area contributed by atoms with Crippen molar-refractivity contribution in [3.8, 4) is 0 Å². The SMILES string of the molecule is Cn1ccc(/C=C/c2cccc3ccccc23)cc1=N. The van der Waals surface area contributed by atoms with Crippen LogP contribution in [0.15, 0.2) is 60.8 Å². The molecule has 0 radical (unpaired) electrons. The first-order chi connectivity index (χ1) is 9.74. The van der Waals surface area contributed by atoms with Crippen molar-refractivity contribution < 1.29 is 0 Å². The number of nitrogens with zero attached hydrogens (tertiary/aromatic N) is 1.